The van der Waals surface area contributed by atoms with Crippen molar-refractivity contribution in [3.05, 3.63) is 0 Å². The summed E-state index contributed by atoms with van der Waals surface area (Å²) < 4.78 is 26.0. The summed E-state index contributed by atoms with van der Waals surface area (Å²) in [6.45, 7) is 2.60. The van der Waals surface area contributed by atoms with Crippen molar-refractivity contribution >= 4 is 22.6 Å². The van der Waals surface area contributed by atoms with E-state index in [9.17, 15) is 0 Å². The molecule has 0 amide bonds. The number of rotatable bonds is 7. The first-order valence-electron chi connectivity index (χ1n) is 10.5. The molecule has 2 heterocycles. The predicted octanol–water partition coefficient (Wildman–Crippen LogP) is 4.76. The Labute approximate surface area is 177 Å². The molecule has 5 nitrogen and oxygen atoms in total. The van der Waals surface area contributed by atoms with Crippen molar-refractivity contribution in [2.75, 3.05) is 18.1 Å². The fourth-order valence-corrected chi connectivity index (χ4v) is 5.76. The molecule has 1 saturated carbocycles. The van der Waals surface area contributed by atoms with Crippen LogP contribution in [0.3, 0.4) is 0 Å². The van der Waals surface area contributed by atoms with Gasteiger partial charge in [-0.25, -0.2) is 0 Å². The average Bonchev–Trinajstić information content (AvgIpc) is 3.10. The maximum Gasteiger partial charge on any atom is 0.169 e. The van der Waals surface area contributed by atoms with Crippen LogP contribution in [0.5, 0.6) is 0 Å². The lowest BCUT2D eigenvalue weighted by Crippen LogP contribution is -2.48. The molecule has 1 spiro atoms. The molecule has 2 aliphatic heterocycles. The van der Waals surface area contributed by atoms with Crippen molar-refractivity contribution < 1.29 is 18.9 Å². The van der Waals surface area contributed by atoms with Crippen molar-refractivity contribution in [1.29, 1.82) is 5.26 Å². The van der Waals surface area contributed by atoms with Crippen LogP contribution in [0.4, 0.5) is 0 Å². The highest BCUT2D eigenvalue weighted by Gasteiger charge is 2.47. The van der Waals surface area contributed by atoms with Crippen LogP contribution < -0.4 is 0 Å². The van der Waals surface area contributed by atoms with Crippen molar-refractivity contribution in [1.82, 2.24) is 0 Å². The van der Waals surface area contributed by atoms with E-state index in [2.05, 4.69) is 28.7 Å². The van der Waals surface area contributed by atoms with Crippen LogP contribution in [0, 0.1) is 17.2 Å². The number of hydrogen-bond acceptors (Lipinski definition) is 5. The SMILES string of the molecule is COC(CC1(CI)CCCC(C[C@@H](C)C#N)O1)[C@H]1COC2(CCCCC2)O1. The van der Waals surface area contributed by atoms with Crippen LogP contribution in [-0.2, 0) is 18.9 Å². The Morgan fingerprint density at radius 3 is 2.63 bits per heavy atom. The van der Waals surface area contributed by atoms with Crippen LogP contribution in [0.25, 0.3) is 0 Å². The fourth-order valence-electron chi connectivity index (χ4n) is 4.89. The van der Waals surface area contributed by atoms with E-state index in [0.29, 0.717) is 6.61 Å². The van der Waals surface area contributed by atoms with Crippen LogP contribution in [-0.4, -0.2) is 47.8 Å². The molecule has 0 N–H and O–H groups in total. The quantitative estimate of drug-likeness (QED) is 0.380. The molecule has 0 bridgehead atoms. The minimum atomic E-state index is -0.366. The summed E-state index contributed by atoms with van der Waals surface area (Å²) in [5.74, 6) is -0.328. The summed E-state index contributed by atoms with van der Waals surface area (Å²) in [7, 11) is 1.78. The Hall–Kier alpha value is 0.0600. The van der Waals surface area contributed by atoms with E-state index in [-0.39, 0.29) is 35.6 Å². The van der Waals surface area contributed by atoms with Gasteiger partial charge in [-0.15, -0.1) is 0 Å². The van der Waals surface area contributed by atoms with Gasteiger partial charge < -0.3 is 18.9 Å². The molecule has 2 saturated heterocycles. The molecule has 5 atom stereocenters. The second-order valence-corrected chi connectivity index (χ2v) is 9.39. The molecule has 3 rings (SSSR count). The van der Waals surface area contributed by atoms with Gasteiger partial charge in [0.05, 0.1) is 30.5 Å². The van der Waals surface area contributed by atoms with Gasteiger partial charge in [0.25, 0.3) is 0 Å². The Balaban J connectivity index is 1.62. The zero-order valence-corrected chi connectivity index (χ0v) is 18.9. The highest BCUT2D eigenvalue weighted by molar-refractivity contribution is 14.1. The number of nitrogens with zero attached hydrogens (tertiary/aromatic N) is 1. The first-order valence-corrected chi connectivity index (χ1v) is 12.0. The molecule has 3 aliphatic rings. The van der Waals surface area contributed by atoms with E-state index in [1.807, 2.05) is 6.92 Å². The van der Waals surface area contributed by atoms with Gasteiger partial charge in [-0.3, -0.25) is 0 Å². The highest BCUT2D eigenvalue weighted by Crippen LogP contribution is 2.42. The molecule has 0 aromatic heterocycles. The molecular formula is C21H34INO4. The lowest BCUT2D eigenvalue weighted by molar-refractivity contribution is -0.204. The lowest BCUT2D eigenvalue weighted by atomic mass is 9.85. The monoisotopic (exact) mass is 491 g/mol. The smallest absolute Gasteiger partial charge is 0.169 e. The largest absolute Gasteiger partial charge is 0.379 e. The summed E-state index contributed by atoms with van der Waals surface area (Å²) in [5, 5.41) is 9.14. The Kier molecular flexibility index (Phi) is 7.82. The van der Waals surface area contributed by atoms with Crippen molar-refractivity contribution in [3.8, 4) is 6.07 Å². The molecule has 6 heteroatoms. The second kappa shape index (κ2) is 9.71. The summed E-state index contributed by atoms with van der Waals surface area (Å²) in [4.78, 5) is 0. The molecule has 0 radical (unpaired) electrons. The van der Waals surface area contributed by atoms with E-state index in [0.717, 1.165) is 49.4 Å². The molecular weight excluding hydrogens is 457 g/mol. The van der Waals surface area contributed by atoms with E-state index in [4.69, 9.17) is 24.2 Å². The maximum atomic E-state index is 9.14. The molecule has 3 fully saturated rings. The van der Waals surface area contributed by atoms with E-state index in [1.54, 1.807) is 7.11 Å². The summed E-state index contributed by atoms with van der Waals surface area (Å²) in [6, 6.07) is 2.34. The van der Waals surface area contributed by atoms with Crippen molar-refractivity contribution in [3.63, 3.8) is 0 Å². The zero-order chi connectivity index (χ0) is 19.3. The summed E-state index contributed by atoms with van der Waals surface area (Å²) in [5.41, 5.74) is -0.189. The minimum Gasteiger partial charge on any atom is -0.379 e. The standard InChI is InChI=1S/C21H34INO4/c1-16(13-23)11-17-7-6-8-20(15-22,26-17)12-18(24-2)19-14-25-21(27-19)9-4-3-5-10-21/h16-19H,3-12,14-15H2,1-2H3/t16-,17?,18?,19-,20?/m1/s1. The predicted molar refractivity (Wildman–Crippen MR) is 112 cm³/mol. The molecule has 0 aromatic carbocycles. The number of nitriles is 1. The zero-order valence-electron chi connectivity index (χ0n) is 16.8. The van der Waals surface area contributed by atoms with Gasteiger partial charge in [-0.1, -0.05) is 29.0 Å². The van der Waals surface area contributed by atoms with Gasteiger partial charge in [0.2, 0.25) is 0 Å². The third-order valence-electron chi connectivity index (χ3n) is 6.44. The molecule has 154 valence electrons. The van der Waals surface area contributed by atoms with Gasteiger partial charge in [0, 0.05) is 36.7 Å². The van der Waals surface area contributed by atoms with Crippen molar-refractivity contribution in [2.24, 2.45) is 5.92 Å². The Morgan fingerprint density at radius 2 is 1.96 bits per heavy atom. The first kappa shape index (κ1) is 21.8. The van der Waals surface area contributed by atoms with E-state index >= 15 is 0 Å². The molecule has 1 aliphatic carbocycles. The van der Waals surface area contributed by atoms with E-state index in [1.165, 1.54) is 19.3 Å². The van der Waals surface area contributed by atoms with Crippen LogP contribution in [0.2, 0.25) is 0 Å². The van der Waals surface area contributed by atoms with Gasteiger partial charge in [0.15, 0.2) is 5.79 Å². The van der Waals surface area contributed by atoms with Crippen LogP contribution in [0.15, 0.2) is 0 Å². The first-order chi connectivity index (χ1) is 13.0. The molecule has 27 heavy (non-hydrogen) atoms. The Morgan fingerprint density at radius 1 is 1.19 bits per heavy atom. The Bertz CT molecular complexity index is 519. The maximum absolute atomic E-state index is 9.14. The number of methoxy groups -OCH3 is 1. The van der Waals surface area contributed by atoms with Gasteiger partial charge >= 0.3 is 0 Å². The third kappa shape index (κ3) is 5.36. The second-order valence-electron chi connectivity index (χ2n) is 8.63. The number of alkyl halides is 1. The van der Waals surface area contributed by atoms with Gasteiger partial charge in [-0.05, 0) is 45.4 Å². The molecule has 3 unspecified atom stereocenters. The lowest BCUT2D eigenvalue weighted by Gasteiger charge is -2.43. The van der Waals surface area contributed by atoms with Gasteiger partial charge in [0.1, 0.15) is 6.10 Å². The number of halogens is 1. The van der Waals surface area contributed by atoms with Crippen LogP contribution in [0.1, 0.15) is 71.1 Å². The number of ether oxygens (including phenoxy) is 4. The normalized spacial score (nSPS) is 35.6. The topological polar surface area (TPSA) is 60.7 Å². The van der Waals surface area contributed by atoms with Crippen LogP contribution >= 0.6 is 22.6 Å². The summed E-state index contributed by atoms with van der Waals surface area (Å²) in [6.07, 6.45) is 10.7. The fraction of sp³-hybridized carbons (Fsp3) is 0.952. The molecule has 0 aromatic rings. The van der Waals surface area contributed by atoms with E-state index < -0.39 is 0 Å². The minimum absolute atomic E-state index is 0.0186. The van der Waals surface area contributed by atoms with Crippen molar-refractivity contribution in [2.45, 2.75) is 101 Å². The third-order valence-corrected chi connectivity index (χ3v) is 7.83. The highest BCUT2D eigenvalue weighted by atomic mass is 127. The number of hydrogen-bond donors (Lipinski definition) is 0. The summed E-state index contributed by atoms with van der Waals surface area (Å²) >= 11 is 2.44. The van der Waals surface area contributed by atoms with Gasteiger partial charge in [-0.2, -0.15) is 5.26 Å². The average molecular weight is 491 g/mol.